The number of carbonyl (C=O) groups excluding carboxylic acids is 1. The second-order valence-corrected chi connectivity index (χ2v) is 6.89. The Hall–Kier alpha value is -3.20. The Kier molecular flexibility index (Phi) is 6.05. The monoisotopic (exact) mass is 399 g/mol. The summed E-state index contributed by atoms with van der Waals surface area (Å²) in [4.78, 5) is 25.5. The lowest BCUT2D eigenvalue weighted by Gasteiger charge is -2.11. The molecule has 1 aromatic carbocycles. The van der Waals surface area contributed by atoms with E-state index in [1.54, 1.807) is 32.4 Å². The molecule has 3 aromatic rings. The minimum absolute atomic E-state index is 0.131. The number of amides is 1. The Morgan fingerprint density at radius 1 is 1.07 bits per heavy atom. The fourth-order valence-corrected chi connectivity index (χ4v) is 3.30. The number of aryl methyl sites for hydroxylation is 2. The first-order valence-electron chi connectivity index (χ1n) is 8.52. The molecule has 3 rings (SSSR count). The average Bonchev–Trinajstić information content (AvgIpc) is 3.07. The largest absolute Gasteiger partial charge is 0.497 e. The van der Waals surface area contributed by atoms with Crippen molar-refractivity contribution in [3.05, 3.63) is 46.7 Å². The molecule has 8 nitrogen and oxygen atoms in total. The van der Waals surface area contributed by atoms with Gasteiger partial charge >= 0.3 is 0 Å². The zero-order chi connectivity index (χ0) is 20.1. The smallest absolute Gasteiger partial charge is 0.230 e. The first-order valence-corrected chi connectivity index (χ1v) is 9.40. The summed E-state index contributed by atoms with van der Waals surface area (Å²) in [5.41, 5.74) is 2.94. The van der Waals surface area contributed by atoms with Gasteiger partial charge in [0.05, 0.1) is 32.0 Å². The van der Waals surface area contributed by atoms with Crippen LogP contribution in [0.25, 0.3) is 0 Å². The van der Waals surface area contributed by atoms with Gasteiger partial charge in [-0.05, 0) is 32.0 Å². The second-order valence-electron chi connectivity index (χ2n) is 6.03. The maximum absolute atomic E-state index is 12.4. The van der Waals surface area contributed by atoms with Crippen LogP contribution in [0, 0.1) is 13.8 Å². The van der Waals surface area contributed by atoms with Gasteiger partial charge in [-0.3, -0.25) is 4.79 Å². The van der Waals surface area contributed by atoms with E-state index in [9.17, 15) is 4.79 Å². The number of benzene rings is 1. The van der Waals surface area contributed by atoms with Gasteiger partial charge in [0, 0.05) is 22.8 Å². The van der Waals surface area contributed by atoms with E-state index in [0.29, 0.717) is 34.0 Å². The highest BCUT2D eigenvalue weighted by Crippen LogP contribution is 2.29. The van der Waals surface area contributed by atoms with Crippen LogP contribution < -0.4 is 20.1 Å². The van der Waals surface area contributed by atoms with Gasteiger partial charge in [-0.15, -0.1) is 11.3 Å². The van der Waals surface area contributed by atoms with Crippen LogP contribution in [-0.4, -0.2) is 35.1 Å². The lowest BCUT2D eigenvalue weighted by atomic mass is 10.2. The van der Waals surface area contributed by atoms with Gasteiger partial charge in [0.25, 0.3) is 0 Å². The third-order valence-corrected chi connectivity index (χ3v) is 4.58. The number of nitrogens with zero attached hydrogens (tertiary/aromatic N) is 3. The summed E-state index contributed by atoms with van der Waals surface area (Å²) < 4.78 is 10.5. The zero-order valence-corrected chi connectivity index (χ0v) is 16.9. The number of methoxy groups -OCH3 is 2. The molecular formula is C19H21N5O3S. The van der Waals surface area contributed by atoms with Crippen LogP contribution in [0.15, 0.2) is 29.6 Å². The molecule has 0 bridgehead atoms. The van der Waals surface area contributed by atoms with Crippen LogP contribution in [0.5, 0.6) is 11.5 Å². The van der Waals surface area contributed by atoms with Crippen LogP contribution in [0.3, 0.4) is 0 Å². The van der Waals surface area contributed by atoms with Crippen molar-refractivity contribution in [3.8, 4) is 11.5 Å². The SMILES string of the molecule is COc1ccc(OC)c(NC(=O)Cc2csc(Nc3nc(C)cc(C)n3)n2)c1. The van der Waals surface area contributed by atoms with Gasteiger partial charge in [0.15, 0.2) is 5.13 Å². The van der Waals surface area contributed by atoms with E-state index in [0.717, 1.165) is 11.4 Å². The van der Waals surface area contributed by atoms with E-state index in [2.05, 4.69) is 25.6 Å². The molecule has 0 saturated heterocycles. The van der Waals surface area contributed by atoms with E-state index < -0.39 is 0 Å². The van der Waals surface area contributed by atoms with Gasteiger partial charge in [-0.25, -0.2) is 15.0 Å². The van der Waals surface area contributed by atoms with Crippen LogP contribution in [0.4, 0.5) is 16.8 Å². The number of hydrogen-bond donors (Lipinski definition) is 2. The van der Waals surface area contributed by atoms with Crippen LogP contribution >= 0.6 is 11.3 Å². The molecular weight excluding hydrogens is 378 g/mol. The third-order valence-electron chi connectivity index (χ3n) is 3.78. The number of rotatable bonds is 7. The van der Waals surface area contributed by atoms with Crippen molar-refractivity contribution >= 4 is 34.0 Å². The molecule has 0 aliphatic carbocycles. The molecule has 0 atom stereocenters. The Bertz CT molecular complexity index is 969. The van der Waals surface area contributed by atoms with Crippen molar-refractivity contribution in [2.75, 3.05) is 24.9 Å². The highest BCUT2D eigenvalue weighted by Gasteiger charge is 2.12. The standard InChI is InChI=1S/C19H21N5O3S/c1-11-7-12(2)21-18(20-11)24-19-22-13(10-28-19)8-17(25)23-15-9-14(26-3)5-6-16(15)27-4/h5-7,9-10H,8H2,1-4H3,(H,23,25)(H,20,21,22,24). The summed E-state index contributed by atoms with van der Waals surface area (Å²) in [5.74, 6) is 1.47. The highest BCUT2D eigenvalue weighted by molar-refractivity contribution is 7.13. The zero-order valence-electron chi connectivity index (χ0n) is 16.1. The molecule has 2 aromatic heterocycles. The molecule has 0 aliphatic heterocycles. The highest BCUT2D eigenvalue weighted by atomic mass is 32.1. The Balaban J connectivity index is 1.65. The number of anilines is 3. The summed E-state index contributed by atoms with van der Waals surface area (Å²) in [5, 5.41) is 8.37. The molecule has 0 spiro atoms. The fraction of sp³-hybridized carbons (Fsp3) is 0.263. The molecule has 146 valence electrons. The Morgan fingerprint density at radius 2 is 1.82 bits per heavy atom. The predicted molar refractivity (Wildman–Crippen MR) is 109 cm³/mol. The van der Waals surface area contributed by atoms with Crippen LogP contribution in [-0.2, 0) is 11.2 Å². The number of hydrogen-bond acceptors (Lipinski definition) is 8. The average molecular weight is 399 g/mol. The molecule has 1 amide bonds. The number of thiazole rings is 1. The summed E-state index contributed by atoms with van der Waals surface area (Å²) in [6.45, 7) is 3.81. The Labute approximate surface area is 167 Å². The Morgan fingerprint density at radius 3 is 2.50 bits per heavy atom. The lowest BCUT2D eigenvalue weighted by molar-refractivity contribution is -0.115. The van der Waals surface area contributed by atoms with Gasteiger partial charge in [-0.2, -0.15) is 0 Å². The quantitative estimate of drug-likeness (QED) is 0.627. The van der Waals surface area contributed by atoms with Crippen LogP contribution in [0.2, 0.25) is 0 Å². The molecule has 0 unspecified atom stereocenters. The van der Waals surface area contributed by atoms with E-state index >= 15 is 0 Å². The summed E-state index contributed by atoms with van der Waals surface area (Å²) in [6.07, 6.45) is 0.131. The lowest BCUT2D eigenvalue weighted by Crippen LogP contribution is -2.15. The maximum Gasteiger partial charge on any atom is 0.230 e. The van der Waals surface area contributed by atoms with Crippen LogP contribution in [0.1, 0.15) is 17.1 Å². The molecule has 0 radical (unpaired) electrons. The van der Waals surface area contributed by atoms with Gasteiger partial charge < -0.3 is 20.1 Å². The summed E-state index contributed by atoms with van der Waals surface area (Å²) >= 11 is 1.39. The van der Waals surface area contributed by atoms with Gasteiger partial charge in [0.1, 0.15) is 11.5 Å². The summed E-state index contributed by atoms with van der Waals surface area (Å²) in [6, 6.07) is 7.11. The van der Waals surface area contributed by atoms with E-state index in [1.807, 2.05) is 25.3 Å². The fourth-order valence-electron chi connectivity index (χ4n) is 2.59. The first-order chi connectivity index (χ1) is 13.5. The van der Waals surface area contributed by atoms with Gasteiger partial charge in [0.2, 0.25) is 11.9 Å². The van der Waals surface area contributed by atoms with E-state index in [4.69, 9.17) is 9.47 Å². The van der Waals surface area contributed by atoms with Crippen molar-refractivity contribution in [1.82, 2.24) is 15.0 Å². The topological polar surface area (TPSA) is 98.3 Å². The molecule has 0 saturated carbocycles. The molecule has 0 aliphatic rings. The van der Waals surface area contributed by atoms with E-state index in [-0.39, 0.29) is 12.3 Å². The van der Waals surface area contributed by atoms with Crippen molar-refractivity contribution in [2.24, 2.45) is 0 Å². The van der Waals surface area contributed by atoms with Crippen molar-refractivity contribution in [2.45, 2.75) is 20.3 Å². The molecule has 2 heterocycles. The molecule has 0 fully saturated rings. The normalized spacial score (nSPS) is 10.4. The number of aromatic nitrogens is 3. The number of carbonyl (C=O) groups is 1. The molecule has 2 N–H and O–H groups in total. The molecule has 9 heteroatoms. The number of nitrogens with one attached hydrogen (secondary N) is 2. The maximum atomic E-state index is 12.4. The third kappa shape index (κ3) is 4.95. The summed E-state index contributed by atoms with van der Waals surface area (Å²) in [7, 11) is 3.11. The van der Waals surface area contributed by atoms with Gasteiger partial charge in [-0.1, -0.05) is 0 Å². The van der Waals surface area contributed by atoms with Crippen molar-refractivity contribution < 1.29 is 14.3 Å². The molecule has 28 heavy (non-hydrogen) atoms. The predicted octanol–water partition coefficient (Wildman–Crippen LogP) is 3.49. The number of ether oxygens (including phenoxy) is 2. The van der Waals surface area contributed by atoms with Crippen molar-refractivity contribution in [3.63, 3.8) is 0 Å². The minimum Gasteiger partial charge on any atom is -0.497 e. The van der Waals surface area contributed by atoms with E-state index in [1.165, 1.54) is 11.3 Å². The van der Waals surface area contributed by atoms with Crippen molar-refractivity contribution in [1.29, 1.82) is 0 Å². The second kappa shape index (κ2) is 8.66. The minimum atomic E-state index is -0.203. The first kappa shape index (κ1) is 19.6.